The fraction of sp³-hybridized carbons (Fsp3) is 0.250. The Morgan fingerprint density at radius 1 is 1.10 bits per heavy atom. The van der Waals surface area contributed by atoms with Crippen LogP contribution in [0, 0.1) is 5.82 Å². The third-order valence-electron chi connectivity index (χ3n) is 4.37. The van der Waals surface area contributed by atoms with Gasteiger partial charge in [0.05, 0.1) is 11.9 Å². The Kier molecular flexibility index (Phi) is 7.39. The van der Waals surface area contributed by atoms with E-state index in [1.54, 1.807) is 42.5 Å². The molecule has 0 radical (unpaired) electrons. The number of rotatable bonds is 7. The summed E-state index contributed by atoms with van der Waals surface area (Å²) in [4.78, 5) is 36.7. The van der Waals surface area contributed by atoms with Crippen LogP contribution in [0.2, 0.25) is 0 Å². The van der Waals surface area contributed by atoms with Crippen molar-refractivity contribution < 1.29 is 18.8 Å². The van der Waals surface area contributed by atoms with Gasteiger partial charge in [0.2, 0.25) is 11.8 Å². The summed E-state index contributed by atoms with van der Waals surface area (Å²) in [6.45, 7) is 0.275. The van der Waals surface area contributed by atoms with E-state index in [9.17, 15) is 18.8 Å². The van der Waals surface area contributed by atoms with Gasteiger partial charge in [0.1, 0.15) is 17.4 Å². The molecule has 0 aliphatic carbocycles. The number of thioether (sulfide) groups is 1. The molecular weight excluding hydrogens is 409 g/mol. The molecule has 2 aromatic rings. The summed E-state index contributed by atoms with van der Waals surface area (Å²) in [6, 6.07) is 13.4. The van der Waals surface area contributed by atoms with Crippen molar-refractivity contribution >= 4 is 29.5 Å². The maximum Gasteiger partial charge on any atom is 0.252 e. The predicted octanol–water partition coefficient (Wildman–Crippen LogP) is 0.262. The Morgan fingerprint density at radius 2 is 1.80 bits per heavy atom. The van der Waals surface area contributed by atoms with Crippen molar-refractivity contribution in [1.29, 1.82) is 0 Å². The summed E-state index contributed by atoms with van der Waals surface area (Å²) >= 11 is 1.16. The minimum Gasteiger partial charge on any atom is -0.351 e. The SMILES string of the molecule is NC1NC(SCC(=O)NCc2ccc(F)cc2)NC(=O)C1NC(=O)c1ccccc1. The van der Waals surface area contributed by atoms with Gasteiger partial charge in [-0.1, -0.05) is 30.3 Å². The number of hydrogen-bond donors (Lipinski definition) is 5. The zero-order valence-corrected chi connectivity index (χ0v) is 16.7. The molecule has 0 spiro atoms. The predicted molar refractivity (Wildman–Crippen MR) is 111 cm³/mol. The van der Waals surface area contributed by atoms with Crippen molar-refractivity contribution in [2.75, 3.05) is 5.75 Å². The van der Waals surface area contributed by atoms with Crippen LogP contribution in [0.1, 0.15) is 15.9 Å². The molecule has 0 aromatic heterocycles. The topological polar surface area (TPSA) is 125 Å². The first kappa shape index (κ1) is 21.8. The number of nitrogens with two attached hydrogens (primary N) is 1. The quantitative estimate of drug-likeness (QED) is 0.428. The second kappa shape index (κ2) is 10.2. The minimum atomic E-state index is -0.943. The van der Waals surface area contributed by atoms with E-state index in [1.807, 2.05) is 0 Å². The Balaban J connectivity index is 1.43. The molecule has 158 valence electrons. The first-order chi connectivity index (χ1) is 14.4. The molecule has 8 nitrogen and oxygen atoms in total. The van der Waals surface area contributed by atoms with Gasteiger partial charge in [-0.3, -0.25) is 19.7 Å². The van der Waals surface area contributed by atoms with E-state index < -0.39 is 29.5 Å². The first-order valence-electron chi connectivity index (χ1n) is 9.23. The molecule has 1 saturated heterocycles. The average Bonchev–Trinajstić information content (AvgIpc) is 2.75. The van der Waals surface area contributed by atoms with Gasteiger partial charge in [-0.25, -0.2) is 4.39 Å². The number of carbonyl (C=O) groups is 3. The maximum atomic E-state index is 12.9. The van der Waals surface area contributed by atoms with E-state index in [2.05, 4.69) is 21.3 Å². The number of carbonyl (C=O) groups excluding carboxylic acids is 3. The van der Waals surface area contributed by atoms with Gasteiger partial charge in [0, 0.05) is 12.1 Å². The number of hydrogen-bond acceptors (Lipinski definition) is 6. The van der Waals surface area contributed by atoms with Crippen molar-refractivity contribution in [2.45, 2.75) is 24.3 Å². The molecule has 3 unspecified atom stereocenters. The molecule has 30 heavy (non-hydrogen) atoms. The van der Waals surface area contributed by atoms with Gasteiger partial charge in [0.15, 0.2) is 0 Å². The lowest BCUT2D eigenvalue weighted by Crippen LogP contribution is -2.70. The molecule has 10 heteroatoms. The van der Waals surface area contributed by atoms with Gasteiger partial charge in [-0.05, 0) is 29.8 Å². The largest absolute Gasteiger partial charge is 0.351 e. The van der Waals surface area contributed by atoms with E-state index in [1.165, 1.54) is 12.1 Å². The van der Waals surface area contributed by atoms with Gasteiger partial charge in [0.25, 0.3) is 5.91 Å². The van der Waals surface area contributed by atoms with Crippen LogP contribution in [0.3, 0.4) is 0 Å². The Hall–Kier alpha value is -2.95. The van der Waals surface area contributed by atoms with E-state index in [4.69, 9.17) is 5.73 Å². The summed E-state index contributed by atoms with van der Waals surface area (Å²) in [5.74, 6) is -1.34. The molecule has 1 fully saturated rings. The fourth-order valence-corrected chi connectivity index (χ4v) is 3.64. The van der Waals surface area contributed by atoms with Gasteiger partial charge < -0.3 is 21.7 Å². The van der Waals surface area contributed by atoms with E-state index in [0.717, 1.165) is 17.3 Å². The molecule has 2 aromatic carbocycles. The van der Waals surface area contributed by atoms with Crippen LogP contribution in [0.25, 0.3) is 0 Å². The highest BCUT2D eigenvalue weighted by Crippen LogP contribution is 2.11. The molecular formula is C20H22FN5O3S. The van der Waals surface area contributed by atoms with Crippen molar-refractivity contribution in [3.05, 3.63) is 71.5 Å². The van der Waals surface area contributed by atoms with E-state index in [-0.39, 0.29) is 24.0 Å². The van der Waals surface area contributed by atoms with Crippen LogP contribution in [-0.4, -0.2) is 41.2 Å². The number of nitrogens with one attached hydrogen (secondary N) is 4. The molecule has 0 bridgehead atoms. The molecule has 3 atom stereocenters. The first-order valence-corrected chi connectivity index (χ1v) is 10.3. The van der Waals surface area contributed by atoms with Crippen LogP contribution in [0.4, 0.5) is 4.39 Å². The summed E-state index contributed by atoms with van der Waals surface area (Å²) < 4.78 is 12.9. The van der Waals surface area contributed by atoms with E-state index in [0.29, 0.717) is 5.56 Å². The molecule has 1 heterocycles. The summed E-state index contributed by atoms with van der Waals surface area (Å²) in [5, 5.41) is 11.0. The molecule has 1 aliphatic rings. The van der Waals surface area contributed by atoms with Crippen LogP contribution >= 0.6 is 11.8 Å². The Morgan fingerprint density at radius 3 is 2.47 bits per heavy atom. The smallest absolute Gasteiger partial charge is 0.252 e. The van der Waals surface area contributed by atoms with Gasteiger partial charge >= 0.3 is 0 Å². The molecule has 6 N–H and O–H groups in total. The third-order valence-corrected chi connectivity index (χ3v) is 5.38. The summed E-state index contributed by atoms with van der Waals surface area (Å²) in [6.07, 6.45) is -0.814. The van der Waals surface area contributed by atoms with Crippen molar-refractivity contribution in [1.82, 2.24) is 21.3 Å². The zero-order chi connectivity index (χ0) is 21.5. The highest BCUT2D eigenvalue weighted by atomic mass is 32.2. The normalized spacial score (nSPS) is 20.9. The summed E-state index contributed by atoms with van der Waals surface area (Å²) in [5.41, 5.74) is 6.63. The molecule has 3 rings (SSSR count). The van der Waals surface area contributed by atoms with Crippen molar-refractivity contribution in [3.8, 4) is 0 Å². The lowest BCUT2D eigenvalue weighted by Gasteiger charge is -2.35. The maximum absolute atomic E-state index is 12.9. The minimum absolute atomic E-state index is 0.0763. The lowest BCUT2D eigenvalue weighted by atomic mass is 10.1. The standard InChI is InChI=1S/C20H22FN5O3S/c21-14-8-6-12(7-9-14)10-23-15(27)11-30-20-25-17(22)16(19(29)26-20)24-18(28)13-4-2-1-3-5-13/h1-9,16-17,20,25H,10-11,22H2,(H,23,27)(H,24,28)(H,26,29). The number of halogens is 1. The van der Waals surface area contributed by atoms with Gasteiger partial charge in [-0.2, -0.15) is 0 Å². The molecule has 1 aliphatic heterocycles. The molecule has 0 saturated carbocycles. The Labute approximate surface area is 177 Å². The number of amides is 3. The van der Waals surface area contributed by atoms with Crippen LogP contribution < -0.4 is 27.0 Å². The van der Waals surface area contributed by atoms with Crippen LogP contribution in [0.5, 0.6) is 0 Å². The lowest BCUT2D eigenvalue weighted by molar-refractivity contribution is -0.126. The average molecular weight is 431 g/mol. The monoisotopic (exact) mass is 431 g/mol. The second-order valence-electron chi connectivity index (χ2n) is 6.61. The highest BCUT2D eigenvalue weighted by Gasteiger charge is 2.35. The van der Waals surface area contributed by atoms with Crippen molar-refractivity contribution in [2.24, 2.45) is 5.73 Å². The van der Waals surface area contributed by atoms with Crippen molar-refractivity contribution in [3.63, 3.8) is 0 Å². The number of benzene rings is 2. The fourth-order valence-electron chi connectivity index (χ4n) is 2.77. The van der Waals surface area contributed by atoms with Crippen LogP contribution in [0.15, 0.2) is 54.6 Å². The van der Waals surface area contributed by atoms with Crippen LogP contribution in [-0.2, 0) is 16.1 Å². The third kappa shape index (κ3) is 6.02. The van der Waals surface area contributed by atoms with E-state index >= 15 is 0 Å². The zero-order valence-electron chi connectivity index (χ0n) is 15.9. The second-order valence-corrected chi connectivity index (χ2v) is 7.71. The summed E-state index contributed by atoms with van der Waals surface area (Å²) in [7, 11) is 0. The Bertz CT molecular complexity index is 897. The highest BCUT2D eigenvalue weighted by molar-refractivity contribution is 8.00. The van der Waals surface area contributed by atoms with Gasteiger partial charge in [-0.15, -0.1) is 11.8 Å². The molecule has 3 amide bonds.